The standard InChI is InChI=1S/C11H20N2O4S/c1-3-17-11(16)9(12)4-5-10(15)13-6-7-18-8(2)14/h9H,3-7,12H2,1-2H3,(H,13,15). The summed E-state index contributed by atoms with van der Waals surface area (Å²) >= 11 is 1.16. The van der Waals surface area contributed by atoms with Crippen molar-refractivity contribution in [1.29, 1.82) is 0 Å². The zero-order valence-corrected chi connectivity index (χ0v) is 11.5. The van der Waals surface area contributed by atoms with E-state index in [1.165, 1.54) is 6.92 Å². The summed E-state index contributed by atoms with van der Waals surface area (Å²) in [6, 6.07) is -0.762. The Morgan fingerprint density at radius 2 is 2.06 bits per heavy atom. The van der Waals surface area contributed by atoms with Gasteiger partial charge in [0.05, 0.1) is 6.61 Å². The van der Waals surface area contributed by atoms with E-state index in [4.69, 9.17) is 10.5 Å². The molecule has 6 nitrogen and oxygen atoms in total. The molecule has 0 fully saturated rings. The Labute approximate surface area is 111 Å². The molecule has 0 radical (unpaired) electrons. The van der Waals surface area contributed by atoms with Gasteiger partial charge >= 0.3 is 5.97 Å². The van der Waals surface area contributed by atoms with Gasteiger partial charge in [-0.15, -0.1) is 0 Å². The molecule has 0 aromatic rings. The molecule has 104 valence electrons. The summed E-state index contributed by atoms with van der Waals surface area (Å²) in [5.74, 6) is -0.123. The van der Waals surface area contributed by atoms with E-state index in [-0.39, 0.29) is 30.5 Å². The first-order valence-corrected chi connectivity index (χ1v) is 6.78. The lowest BCUT2D eigenvalue weighted by Crippen LogP contribution is -2.34. The van der Waals surface area contributed by atoms with Crippen molar-refractivity contribution >= 4 is 28.8 Å². The average Bonchev–Trinajstić information content (AvgIpc) is 2.31. The van der Waals surface area contributed by atoms with Crippen LogP contribution < -0.4 is 11.1 Å². The fourth-order valence-corrected chi connectivity index (χ4v) is 1.62. The number of thioether (sulfide) groups is 1. The highest BCUT2D eigenvalue weighted by molar-refractivity contribution is 8.13. The van der Waals surface area contributed by atoms with E-state index in [1.54, 1.807) is 6.92 Å². The molecular formula is C11H20N2O4S. The molecule has 0 bridgehead atoms. The molecule has 1 amide bonds. The number of carbonyl (C=O) groups excluding carboxylic acids is 3. The minimum Gasteiger partial charge on any atom is -0.465 e. The second-order valence-corrected chi connectivity index (χ2v) is 4.86. The topological polar surface area (TPSA) is 98.5 Å². The van der Waals surface area contributed by atoms with Gasteiger partial charge in [-0.3, -0.25) is 14.4 Å². The lowest BCUT2D eigenvalue weighted by atomic mass is 10.1. The predicted octanol–water partition coefficient (Wildman–Crippen LogP) is 0.0529. The molecule has 0 aliphatic heterocycles. The molecule has 1 unspecified atom stereocenters. The Morgan fingerprint density at radius 3 is 2.61 bits per heavy atom. The molecule has 0 aromatic carbocycles. The summed E-state index contributed by atoms with van der Waals surface area (Å²) in [5, 5.41) is 2.67. The highest BCUT2D eigenvalue weighted by Crippen LogP contribution is 2.00. The maximum Gasteiger partial charge on any atom is 0.322 e. The Morgan fingerprint density at radius 1 is 1.39 bits per heavy atom. The van der Waals surface area contributed by atoms with Crippen LogP contribution in [0.1, 0.15) is 26.7 Å². The van der Waals surface area contributed by atoms with E-state index in [9.17, 15) is 14.4 Å². The zero-order chi connectivity index (χ0) is 14.0. The van der Waals surface area contributed by atoms with Crippen LogP contribution in [0.15, 0.2) is 0 Å². The van der Waals surface area contributed by atoms with Gasteiger partial charge in [0.25, 0.3) is 0 Å². The molecule has 0 aliphatic carbocycles. The molecular weight excluding hydrogens is 256 g/mol. The predicted molar refractivity (Wildman–Crippen MR) is 70.0 cm³/mol. The summed E-state index contributed by atoms with van der Waals surface area (Å²) < 4.78 is 4.72. The minimum absolute atomic E-state index is 0.0218. The number of ether oxygens (including phenoxy) is 1. The number of nitrogens with two attached hydrogens (primary N) is 1. The van der Waals surface area contributed by atoms with Gasteiger partial charge in [0.15, 0.2) is 5.12 Å². The van der Waals surface area contributed by atoms with E-state index in [0.29, 0.717) is 12.3 Å². The molecule has 0 rings (SSSR count). The molecule has 0 saturated carbocycles. The Kier molecular flexibility index (Phi) is 9.31. The van der Waals surface area contributed by atoms with Crippen LogP contribution in [0.4, 0.5) is 0 Å². The summed E-state index contributed by atoms with van der Waals surface area (Å²) in [4.78, 5) is 33.2. The number of esters is 1. The van der Waals surface area contributed by atoms with Crippen LogP contribution in [0.25, 0.3) is 0 Å². The van der Waals surface area contributed by atoms with Crippen LogP contribution in [-0.4, -0.2) is 41.9 Å². The van der Waals surface area contributed by atoms with Gasteiger partial charge in [-0.2, -0.15) is 0 Å². The number of nitrogens with one attached hydrogen (secondary N) is 1. The van der Waals surface area contributed by atoms with Crippen molar-refractivity contribution in [2.75, 3.05) is 18.9 Å². The van der Waals surface area contributed by atoms with Crippen molar-refractivity contribution in [2.24, 2.45) is 5.73 Å². The summed E-state index contributed by atoms with van der Waals surface area (Å²) in [5.41, 5.74) is 5.54. The average molecular weight is 276 g/mol. The van der Waals surface area contributed by atoms with Crippen molar-refractivity contribution < 1.29 is 19.1 Å². The molecule has 0 heterocycles. The third-order valence-corrected chi connectivity index (χ3v) is 2.82. The van der Waals surface area contributed by atoms with Crippen LogP contribution in [0.5, 0.6) is 0 Å². The van der Waals surface area contributed by atoms with Crippen LogP contribution >= 0.6 is 11.8 Å². The maximum absolute atomic E-state index is 11.4. The minimum atomic E-state index is -0.762. The van der Waals surface area contributed by atoms with Gasteiger partial charge < -0.3 is 15.8 Å². The number of hydrogen-bond acceptors (Lipinski definition) is 6. The van der Waals surface area contributed by atoms with Crippen molar-refractivity contribution in [3.63, 3.8) is 0 Å². The molecule has 3 N–H and O–H groups in total. The SMILES string of the molecule is CCOC(=O)C(N)CCC(=O)NCCSC(C)=O. The summed E-state index contributed by atoms with van der Waals surface area (Å²) in [6.07, 6.45) is 0.426. The lowest BCUT2D eigenvalue weighted by molar-refractivity contribution is -0.144. The van der Waals surface area contributed by atoms with Crippen LogP contribution in [0, 0.1) is 0 Å². The highest BCUT2D eigenvalue weighted by Gasteiger charge is 2.15. The monoisotopic (exact) mass is 276 g/mol. The molecule has 0 aliphatic rings. The van der Waals surface area contributed by atoms with Gasteiger partial charge in [-0.1, -0.05) is 11.8 Å². The first-order valence-electron chi connectivity index (χ1n) is 5.79. The first kappa shape index (κ1) is 16.9. The number of hydrogen-bond donors (Lipinski definition) is 2. The Balaban J connectivity index is 3.63. The van der Waals surface area contributed by atoms with Gasteiger partial charge in [0.2, 0.25) is 5.91 Å². The second-order valence-electron chi connectivity index (χ2n) is 3.59. The number of amides is 1. The summed E-state index contributed by atoms with van der Waals surface area (Å²) in [6.45, 7) is 3.88. The fourth-order valence-electron chi connectivity index (χ4n) is 1.13. The van der Waals surface area contributed by atoms with Crippen LogP contribution in [-0.2, 0) is 19.1 Å². The van der Waals surface area contributed by atoms with E-state index >= 15 is 0 Å². The Hall–Kier alpha value is -1.08. The fraction of sp³-hybridized carbons (Fsp3) is 0.727. The van der Waals surface area contributed by atoms with Gasteiger partial charge in [0.1, 0.15) is 6.04 Å². The van der Waals surface area contributed by atoms with Crippen molar-refractivity contribution in [3.8, 4) is 0 Å². The Bertz CT molecular complexity index is 297. The largest absolute Gasteiger partial charge is 0.465 e. The van der Waals surface area contributed by atoms with Gasteiger partial charge in [-0.05, 0) is 13.3 Å². The van der Waals surface area contributed by atoms with Gasteiger partial charge in [0, 0.05) is 25.6 Å². The molecule has 0 saturated heterocycles. The molecule has 0 spiro atoms. The van der Waals surface area contributed by atoms with Crippen LogP contribution in [0.3, 0.4) is 0 Å². The third kappa shape index (κ3) is 9.00. The van der Waals surface area contributed by atoms with E-state index < -0.39 is 12.0 Å². The highest BCUT2D eigenvalue weighted by atomic mass is 32.2. The number of carbonyl (C=O) groups is 3. The molecule has 18 heavy (non-hydrogen) atoms. The second kappa shape index (κ2) is 9.90. The lowest BCUT2D eigenvalue weighted by Gasteiger charge is -2.10. The van der Waals surface area contributed by atoms with Crippen LogP contribution in [0.2, 0.25) is 0 Å². The van der Waals surface area contributed by atoms with Crippen molar-refractivity contribution in [3.05, 3.63) is 0 Å². The summed E-state index contributed by atoms with van der Waals surface area (Å²) in [7, 11) is 0. The maximum atomic E-state index is 11.4. The van der Waals surface area contributed by atoms with E-state index in [2.05, 4.69) is 5.32 Å². The van der Waals surface area contributed by atoms with Crippen molar-refractivity contribution in [2.45, 2.75) is 32.7 Å². The van der Waals surface area contributed by atoms with Gasteiger partial charge in [-0.25, -0.2) is 0 Å². The number of rotatable bonds is 8. The molecule has 0 aromatic heterocycles. The smallest absolute Gasteiger partial charge is 0.322 e. The molecule has 7 heteroatoms. The van der Waals surface area contributed by atoms with E-state index in [1.807, 2.05) is 0 Å². The van der Waals surface area contributed by atoms with Crippen molar-refractivity contribution in [1.82, 2.24) is 5.32 Å². The molecule has 1 atom stereocenters. The third-order valence-electron chi connectivity index (χ3n) is 2.00. The zero-order valence-electron chi connectivity index (χ0n) is 10.7. The quantitative estimate of drug-likeness (QED) is 0.480. The first-order chi connectivity index (χ1) is 8.47. The van der Waals surface area contributed by atoms with E-state index in [0.717, 1.165) is 11.8 Å². The normalized spacial score (nSPS) is 11.7.